The minimum Gasteiger partial charge on any atom is -0.349 e. The lowest BCUT2D eigenvalue weighted by Crippen LogP contribution is -2.50. The smallest absolute Gasteiger partial charge is 0.251 e. The molecular weight excluding hydrogens is 330 g/mol. The van der Waals surface area contributed by atoms with E-state index >= 15 is 0 Å². The Bertz CT molecular complexity index is 758. The second-order valence-electron chi connectivity index (χ2n) is 6.65. The van der Waals surface area contributed by atoms with Gasteiger partial charge in [-0.3, -0.25) is 9.59 Å². The second kappa shape index (κ2) is 8.14. The predicted octanol–water partition coefficient (Wildman–Crippen LogP) is 1.10. The molecular formula is C19H25N5O2. The van der Waals surface area contributed by atoms with Crippen LogP contribution in [0.2, 0.25) is 0 Å². The number of nitrogens with zero attached hydrogens (tertiary/aromatic N) is 3. The van der Waals surface area contributed by atoms with Gasteiger partial charge in [0.15, 0.2) is 0 Å². The highest BCUT2D eigenvalue weighted by atomic mass is 16.2. The summed E-state index contributed by atoms with van der Waals surface area (Å²) in [5.74, 6) is 0.735. The lowest BCUT2D eigenvalue weighted by Gasteiger charge is -2.36. The normalized spacial score (nSPS) is 18.4. The van der Waals surface area contributed by atoms with Gasteiger partial charge in [-0.05, 0) is 19.1 Å². The molecule has 3 rings (SSSR count). The number of rotatable bonds is 5. The van der Waals surface area contributed by atoms with Gasteiger partial charge in [0.1, 0.15) is 11.9 Å². The molecule has 7 nitrogen and oxygen atoms in total. The van der Waals surface area contributed by atoms with Gasteiger partial charge in [0.05, 0.1) is 0 Å². The van der Waals surface area contributed by atoms with Gasteiger partial charge in [-0.25, -0.2) is 4.98 Å². The Morgan fingerprint density at radius 3 is 2.81 bits per heavy atom. The predicted molar refractivity (Wildman–Crippen MR) is 98.5 cm³/mol. The highest BCUT2D eigenvalue weighted by molar-refractivity contribution is 5.94. The van der Waals surface area contributed by atoms with Gasteiger partial charge in [-0.15, -0.1) is 0 Å². The van der Waals surface area contributed by atoms with Crippen molar-refractivity contribution in [1.82, 2.24) is 25.1 Å². The van der Waals surface area contributed by atoms with Crippen LogP contribution in [-0.2, 0) is 11.8 Å². The number of hydrogen-bond donors (Lipinski definition) is 2. The van der Waals surface area contributed by atoms with Crippen LogP contribution in [0.5, 0.6) is 0 Å². The number of aryl methyl sites for hydroxylation is 1. The van der Waals surface area contributed by atoms with Gasteiger partial charge in [0.2, 0.25) is 5.91 Å². The van der Waals surface area contributed by atoms with E-state index in [9.17, 15) is 9.59 Å². The maximum absolute atomic E-state index is 12.9. The van der Waals surface area contributed by atoms with E-state index in [1.165, 1.54) is 0 Å². The maximum Gasteiger partial charge on any atom is 0.251 e. The van der Waals surface area contributed by atoms with Crippen molar-refractivity contribution in [3.63, 3.8) is 0 Å². The molecule has 138 valence electrons. The van der Waals surface area contributed by atoms with Gasteiger partial charge in [0.25, 0.3) is 5.91 Å². The zero-order chi connectivity index (χ0) is 18.5. The third-order valence-electron chi connectivity index (χ3n) is 4.61. The Labute approximate surface area is 153 Å². The van der Waals surface area contributed by atoms with Crippen LogP contribution in [0.3, 0.4) is 0 Å². The fraction of sp³-hybridized carbons (Fsp3) is 0.421. The van der Waals surface area contributed by atoms with Crippen molar-refractivity contribution in [3.8, 4) is 0 Å². The molecule has 2 atom stereocenters. The van der Waals surface area contributed by atoms with Gasteiger partial charge in [0, 0.05) is 57.1 Å². The molecule has 0 radical (unpaired) electrons. The average Bonchev–Trinajstić information content (AvgIpc) is 3.08. The molecule has 0 saturated carbocycles. The second-order valence-corrected chi connectivity index (χ2v) is 6.65. The first-order valence-electron chi connectivity index (χ1n) is 8.89. The third-order valence-corrected chi connectivity index (χ3v) is 4.61. The van der Waals surface area contributed by atoms with Crippen molar-refractivity contribution in [2.75, 3.05) is 19.6 Å². The number of nitrogens with one attached hydrogen (secondary N) is 2. The molecule has 1 fully saturated rings. The molecule has 1 aromatic heterocycles. The fourth-order valence-corrected chi connectivity index (χ4v) is 3.26. The van der Waals surface area contributed by atoms with Crippen molar-refractivity contribution in [2.24, 2.45) is 7.05 Å². The number of amides is 2. The summed E-state index contributed by atoms with van der Waals surface area (Å²) in [5.41, 5.74) is 0.597. The Kier molecular flexibility index (Phi) is 5.68. The summed E-state index contributed by atoms with van der Waals surface area (Å²) >= 11 is 0. The molecule has 2 unspecified atom stereocenters. The minimum absolute atomic E-state index is 0.0281. The highest BCUT2D eigenvalue weighted by Crippen LogP contribution is 2.21. The van der Waals surface area contributed by atoms with E-state index in [0.717, 1.165) is 12.4 Å². The Hall–Kier alpha value is -2.67. The quantitative estimate of drug-likeness (QED) is 0.842. The van der Waals surface area contributed by atoms with Crippen LogP contribution in [0.25, 0.3) is 0 Å². The van der Waals surface area contributed by atoms with Gasteiger partial charge >= 0.3 is 0 Å². The first kappa shape index (κ1) is 18.1. The van der Waals surface area contributed by atoms with Crippen LogP contribution < -0.4 is 10.6 Å². The molecule has 2 heterocycles. The van der Waals surface area contributed by atoms with E-state index in [2.05, 4.69) is 15.6 Å². The number of aromatic nitrogens is 2. The topological polar surface area (TPSA) is 79.3 Å². The molecule has 1 aliphatic heterocycles. The van der Waals surface area contributed by atoms with E-state index in [1.807, 2.05) is 47.8 Å². The number of carbonyl (C=O) groups is 2. The zero-order valence-electron chi connectivity index (χ0n) is 15.2. The Morgan fingerprint density at radius 2 is 2.12 bits per heavy atom. The van der Waals surface area contributed by atoms with E-state index in [0.29, 0.717) is 18.7 Å². The van der Waals surface area contributed by atoms with Crippen LogP contribution in [0, 0.1) is 0 Å². The van der Waals surface area contributed by atoms with E-state index < -0.39 is 0 Å². The molecule has 26 heavy (non-hydrogen) atoms. The van der Waals surface area contributed by atoms with Crippen molar-refractivity contribution in [1.29, 1.82) is 0 Å². The van der Waals surface area contributed by atoms with Gasteiger partial charge in [-0.2, -0.15) is 0 Å². The highest BCUT2D eigenvalue weighted by Gasteiger charge is 2.31. The van der Waals surface area contributed by atoms with Crippen molar-refractivity contribution in [2.45, 2.75) is 25.4 Å². The summed E-state index contributed by atoms with van der Waals surface area (Å²) in [4.78, 5) is 31.4. The summed E-state index contributed by atoms with van der Waals surface area (Å²) in [5, 5.41) is 6.23. The van der Waals surface area contributed by atoms with Crippen LogP contribution in [0.1, 0.15) is 35.6 Å². The van der Waals surface area contributed by atoms with Gasteiger partial charge in [-0.1, -0.05) is 18.2 Å². The molecule has 0 bridgehead atoms. The summed E-state index contributed by atoms with van der Waals surface area (Å²) < 4.78 is 1.94. The molecule has 2 aromatic rings. The number of hydrogen-bond acceptors (Lipinski definition) is 4. The summed E-state index contributed by atoms with van der Waals surface area (Å²) in [6.07, 6.45) is 3.89. The van der Waals surface area contributed by atoms with E-state index in [-0.39, 0.29) is 30.3 Å². The number of carbonyl (C=O) groups excluding carboxylic acids is 2. The van der Waals surface area contributed by atoms with Crippen LogP contribution in [0.4, 0.5) is 0 Å². The minimum atomic E-state index is -0.243. The van der Waals surface area contributed by atoms with Crippen LogP contribution in [0.15, 0.2) is 42.7 Å². The summed E-state index contributed by atoms with van der Waals surface area (Å²) in [6, 6.07) is 8.70. The standard InChI is InChI=1S/C19H25N5O2/c1-14(22-19(26)15-6-4-3-5-7-15)12-17(25)24-11-8-20-13-16(24)18-21-9-10-23(18)2/h3-7,9-10,14,16,20H,8,11-13H2,1-2H3,(H,22,26). The summed E-state index contributed by atoms with van der Waals surface area (Å²) in [7, 11) is 1.93. The van der Waals surface area contributed by atoms with Crippen LogP contribution in [-0.4, -0.2) is 51.9 Å². The molecule has 1 aliphatic rings. The number of imidazole rings is 1. The molecule has 0 spiro atoms. The number of piperazine rings is 1. The molecule has 2 amide bonds. The molecule has 7 heteroatoms. The Morgan fingerprint density at radius 1 is 1.35 bits per heavy atom. The van der Waals surface area contributed by atoms with Crippen molar-refractivity contribution < 1.29 is 9.59 Å². The first-order valence-corrected chi connectivity index (χ1v) is 8.89. The molecule has 2 N–H and O–H groups in total. The molecule has 1 aromatic carbocycles. The maximum atomic E-state index is 12.9. The fourth-order valence-electron chi connectivity index (χ4n) is 3.26. The zero-order valence-corrected chi connectivity index (χ0v) is 15.2. The lowest BCUT2D eigenvalue weighted by molar-refractivity contribution is -0.135. The van der Waals surface area contributed by atoms with E-state index in [4.69, 9.17) is 0 Å². The van der Waals surface area contributed by atoms with E-state index in [1.54, 1.807) is 18.3 Å². The SMILES string of the molecule is CC(CC(=O)N1CCNCC1c1nccn1C)NC(=O)c1ccccc1. The molecule has 0 aliphatic carbocycles. The van der Waals surface area contributed by atoms with Crippen molar-refractivity contribution >= 4 is 11.8 Å². The number of benzene rings is 1. The third kappa shape index (κ3) is 4.11. The molecule has 1 saturated heterocycles. The average molecular weight is 355 g/mol. The van der Waals surface area contributed by atoms with Gasteiger partial charge < -0.3 is 20.1 Å². The lowest BCUT2D eigenvalue weighted by atomic mass is 10.1. The van der Waals surface area contributed by atoms with Crippen molar-refractivity contribution in [3.05, 3.63) is 54.1 Å². The summed E-state index contributed by atoms with van der Waals surface area (Å²) in [6.45, 7) is 3.94. The largest absolute Gasteiger partial charge is 0.349 e. The monoisotopic (exact) mass is 355 g/mol. The Balaban J connectivity index is 1.62. The first-order chi connectivity index (χ1) is 12.6. The van der Waals surface area contributed by atoms with Crippen LogP contribution >= 0.6 is 0 Å².